The molecule has 5 rings (SSSR count). The minimum absolute atomic E-state index is 0.0296. The molecule has 4 aromatic rings. The predicted molar refractivity (Wildman–Crippen MR) is 139 cm³/mol. The van der Waals surface area contributed by atoms with E-state index in [-0.39, 0.29) is 17.3 Å². The van der Waals surface area contributed by atoms with Crippen molar-refractivity contribution in [3.05, 3.63) is 53.4 Å². The fraction of sp³-hybridized carbons (Fsp3) is 0.320. The van der Waals surface area contributed by atoms with Crippen LogP contribution in [0.1, 0.15) is 37.8 Å². The van der Waals surface area contributed by atoms with E-state index in [4.69, 9.17) is 11.6 Å². The molecule has 1 saturated carbocycles. The Hall–Kier alpha value is -3.55. The first-order valence-corrected chi connectivity index (χ1v) is 13.7. The van der Waals surface area contributed by atoms with E-state index >= 15 is 0 Å². The van der Waals surface area contributed by atoms with Crippen molar-refractivity contribution in [3.63, 3.8) is 0 Å². The summed E-state index contributed by atoms with van der Waals surface area (Å²) < 4.78 is 29.9. The number of rotatable bonds is 7. The monoisotopic (exact) mass is 521 g/mol. The van der Waals surface area contributed by atoms with Crippen molar-refractivity contribution in [1.29, 1.82) is 5.26 Å². The van der Waals surface area contributed by atoms with Gasteiger partial charge in [0.1, 0.15) is 23.2 Å². The minimum Gasteiger partial charge on any atom is -0.275 e. The number of anilines is 1. The maximum Gasteiger partial charge on any atom is 0.233 e. The zero-order valence-corrected chi connectivity index (χ0v) is 21.2. The van der Waals surface area contributed by atoms with Gasteiger partial charge in [-0.3, -0.25) is 14.4 Å². The number of hydrogen-bond donors (Lipinski definition) is 1. The average molecular weight is 522 g/mol. The molecule has 0 atom stereocenters. The van der Waals surface area contributed by atoms with E-state index in [1.807, 2.05) is 18.2 Å². The molecule has 0 bridgehead atoms. The smallest absolute Gasteiger partial charge is 0.233 e. The quantitative estimate of drug-likeness (QED) is 0.365. The van der Waals surface area contributed by atoms with Crippen LogP contribution in [0.15, 0.2) is 42.7 Å². The van der Waals surface area contributed by atoms with Crippen LogP contribution in [0, 0.1) is 17.2 Å². The lowest BCUT2D eigenvalue weighted by Crippen LogP contribution is -2.20. The number of fused-ring (bicyclic) bond motifs is 1. The van der Waals surface area contributed by atoms with Gasteiger partial charge in [0.15, 0.2) is 11.5 Å². The van der Waals surface area contributed by atoms with E-state index in [1.54, 1.807) is 42.3 Å². The molecule has 0 unspecified atom stereocenters. The summed E-state index contributed by atoms with van der Waals surface area (Å²) in [5.41, 5.74) is 2.31. The number of nitriles is 1. The number of nitrogens with one attached hydrogen (secondary N) is 1. The van der Waals surface area contributed by atoms with Gasteiger partial charge in [0, 0.05) is 30.4 Å². The summed E-state index contributed by atoms with van der Waals surface area (Å²) in [5.74, 6) is 0.279. The number of halogens is 1. The number of sulfonamides is 1. The van der Waals surface area contributed by atoms with Crippen LogP contribution < -0.4 is 4.72 Å². The largest absolute Gasteiger partial charge is 0.275 e. The second-order valence-corrected chi connectivity index (χ2v) is 11.2. The van der Waals surface area contributed by atoms with E-state index in [1.165, 1.54) is 0 Å². The second kappa shape index (κ2) is 9.84. The minimum atomic E-state index is -3.72. The van der Waals surface area contributed by atoms with Gasteiger partial charge in [-0.25, -0.2) is 18.4 Å². The van der Waals surface area contributed by atoms with Crippen molar-refractivity contribution >= 4 is 38.3 Å². The van der Waals surface area contributed by atoms with Crippen LogP contribution in [0.3, 0.4) is 0 Å². The first kappa shape index (κ1) is 24.2. The van der Waals surface area contributed by atoms with Gasteiger partial charge < -0.3 is 0 Å². The number of hydrogen-bond acceptors (Lipinski definition) is 7. The van der Waals surface area contributed by atoms with Gasteiger partial charge in [-0.15, -0.1) is 0 Å². The molecule has 0 saturated heterocycles. The van der Waals surface area contributed by atoms with Crippen LogP contribution in [0.2, 0.25) is 5.02 Å². The molecule has 1 aromatic carbocycles. The number of benzene rings is 1. The van der Waals surface area contributed by atoms with Gasteiger partial charge in [0.05, 0.1) is 16.3 Å². The Morgan fingerprint density at radius 3 is 2.72 bits per heavy atom. The Balaban J connectivity index is 1.59. The topological polar surface area (TPSA) is 126 Å². The van der Waals surface area contributed by atoms with Crippen LogP contribution >= 0.6 is 11.6 Å². The molecule has 0 aliphatic heterocycles. The summed E-state index contributed by atoms with van der Waals surface area (Å²) in [5, 5.41) is 15.5. The van der Waals surface area contributed by atoms with Crippen LogP contribution in [0.4, 0.5) is 5.82 Å². The van der Waals surface area contributed by atoms with Crippen molar-refractivity contribution in [2.24, 2.45) is 13.0 Å². The van der Waals surface area contributed by atoms with Crippen molar-refractivity contribution < 1.29 is 8.42 Å². The third-order valence-corrected chi connectivity index (χ3v) is 7.98. The Bertz CT molecular complexity index is 1590. The van der Waals surface area contributed by atoms with E-state index in [9.17, 15) is 13.7 Å². The molecule has 9 nitrogen and oxygen atoms in total. The molecule has 0 spiro atoms. The average Bonchev–Trinajstić information content (AvgIpc) is 3.54. The van der Waals surface area contributed by atoms with E-state index in [0.29, 0.717) is 45.5 Å². The lowest BCUT2D eigenvalue weighted by Gasteiger charge is -2.14. The fourth-order valence-electron chi connectivity index (χ4n) is 4.61. The van der Waals surface area contributed by atoms with Crippen LogP contribution in [0.25, 0.3) is 33.5 Å². The molecular formula is C25H24ClN7O2S. The number of nitrogens with zero attached hydrogens (tertiary/aromatic N) is 6. The molecular weight excluding hydrogens is 498 g/mol. The highest BCUT2D eigenvalue weighted by Gasteiger charge is 2.24. The summed E-state index contributed by atoms with van der Waals surface area (Å²) in [7, 11) is -1.95. The Morgan fingerprint density at radius 2 is 2.00 bits per heavy atom. The van der Waals surface area contributed by atoms with Crippen LogP contribution in [-0.4, -0.2) is 38.9 Å². The molecule has 11 heteroatoms. The Labute approximate surface area is 214 Å². The van der Waals surface area contributed by atoms with Gasteiger partial charge in [-0.1, -0.05) is 43.4 Å². The zero-order chi connectivity index (χ0) is 25.3. The highest BCUT2D eigenvalue weighted by molar-refractivity contribution is 7.92. The molecule has 1 aliphatic carbocycles. The number of aromatic nitrogens is 5. The molecule has 0 amide bonds. The van der Waals surface area contributed by atoms with Gasteiger partial charge in [0.25, 0.3) is 0 Å². The van der Waals surface area contributed by atoms with E-state index < -0.39 is 10.0 Å². The number of aryl methyl sites for hydroxylation is 1. The summed E-state index contributed by atoms with van der Waals surface area (Å²) in [6, 6.07) is 11.0. The lowest BCUT2D eigenvalue weighted by molar-refractivity contribution is 0.522. The standard InChI is InChI=1S/C25H24ClN7O2S/c1-33-11-8-20(31-33)24-23(18-13-17-7-4-10-28-22(17)19(26)14-18)29-21(15-27)25(30-24)32-36(34,35)12-9-16-5-2-3-6-16/h4,7-8,10-11,13-14,16H,2-3,5-6,9,12H2,1H3,(H,30,32). The SMILES string of the molecule is Cn1ccc(-c2nc(NS(=O)(=O)CCC3CCCC3)c(C#N)nc2-c2cc(Cl)c3ncccc3c2)n1. The molecule has 184 valence electrons. The maximum absolute atomic E-state index is 12.9. The molecule has 0 radical (unpaired) electrons. The number of pyridine rings is 1. The van der Waals surface area contributed by atoms with E-state index in [2.05, 4.69) is 24.8 Å². The second-order valence-electron chi connectivity index (χ2n) is 9.00. The lowest BCUT2D eigenvalue weighted by atomic mass is 10.0. The Kier molecular flexibility index (Phi) is 6.60. The van der Waals surface area contributed by atoms with Crippen molar-refractivity contribution in [2.45, 2.75) is 32.1 Å². The molecule has 1 fully saturated rings. The van der Waals surface area contributed by atoms with Crippen molar-refractivity contribution in [2.75, 3.05) is 10.5 Å². The molecule has 1 N–H and O–H groups in total. The Morgan fingerprint density at radius 1 is 1.19 bits per heavy atom. The predicted octanol–water partition coefficient (Wildman–Crippen LogP) is 4.94. The molecule has 3 aromatic heterocycles. The molecule has 36 heavy (non-hydrogen) atoms. The highest BCUT2D eigenvalue weighted by atomic mass is 35.5. The van der Waals surface area contributed by atoms with Gasteiger partial charge in [-0.05, 0) is 36.6 Å². The van der Waals surface area contributed by atoms with E-state index in [0.717, 1.165) is 31.1 Å². The molecule has 1 aliphatic rings. The third kappa shape index (κ3) is 5.03. The van der Waals surface area contributed by atoms with Gasteiger partial charge in [0.2, 0.25) is 10.0 Å². The zero-order valence-electron chi connectivity index (χ0n) is 19.6. The van der Waals surface area contributed by atoms with Crippen LogP contribution in [-0.2, 0) is 17.1 Å². The highest BCUT2D eigenvalue weighted by Crippen LogP contribution is 2.35. The summed E-state index contributed by atoms with van der Waals surface area (Å²) in [6.07, 6.45) is 8.40. The summed E-state index contributed by atoms with van der Waals surface area (Å²) >= 11 is 6.51. The normalized spacial score (nSPS) is 14.2. The third-order valence-electron chi connectivity index (χ3n) is 6.41. The van der Waals surface area contributed by atoms with Crippen molar-refractivity contribution in [1.82, 2.24) is 24.7 Å². The summed E-state index contributed by atoms with van der Waals surface area (Å²) in [4.78, 5) is 13.4. The maximum atomic E-state index is 12.9. The van der Waals surface area contributed by atoms with Crippen molar-refractivity contribution in [3.8, 4) is 28.7 Å². The first-order chi connectivity index (χ1) is 17.3. The van der Waals surface area contributed by atoms with Gasteiger partial charge >= 0.3 is 0 Å². The van der Waals surface area contributed by atoms with Crippen LogP contribution in [0.5, 0.6) is 0 Å². The fourth-order valence-corrected chi connectivity index (χ4v) is 6.07. The first-order valence-electron chi connectivity index (χ1n) is 11.7. The van der Waals surface area contributed by atoms with Gasteiger partial charge in [-0.2, -0.15) is 10.4 Å². The summed E-state index contributed by atoms with van der Waals surface area (Å²) in [6.45, 7) is 0. The molecule has 3 heterocycles.